The van der Waals surface area contributed by atoms with Gasteiger partial charge in [0.15, 0.2) is 5.75 Å². The highest BCUT2D eigenvalue weighted by Crippen LogP contribution is 2.35. The minimum absolute atomic E-state index is 0.0330. The molecule has 10 heteroatoms. The quantitative estimate of drug-likeness (QED) is 0.265. The molecule has 196 valence electrons. The van der Waals surface area contributed by atoms with Crippen LogP contribution in [0.5, 0.6) is 11.5 Å². The van der Waals surface area contributed by atoms with Crippen molar-refractivity contribution < 1.29 is 17.9 Å². The van der Waals surface area contributed by atoms with E-state index in [-0.39, 0.29) is 16.5 Å². The van der Waals surface area contributed by atoms with Crippen LogP contribution in [0.25, 0.3) is 0 Å². The van der Waals surface area contributed by atoms with Crippen LogP contribution in [0.4, 0.5) is 5.69 Å². The second-order valence-electron chi connectivity index (χ2n) is 8.81. The highest BCUT2D eigenvalue weighted by molar-refractivity contribution is 9.10. The summed E-state index contributed by atoms with van der Waals surface area (Å²) in [6.45, 7) is 3.82. The molecule has 0 bridgehead atoms. The van der Waals surface area contributed by atoms with Gasteiger partial charge in [-0.25, -0.2) is 8.42 Å². The second kappa shape index (κ2) is 12.8. The number of hydrogen-bond acceptors (Lipinski definition) is 5. The third-order valence-corrected chi connectivity index (χ3v) is 8.23. The Morgan fingerprint density at radius 2 is 1.70 bits per heavy atom. The Hall–Kier alpha value is -2.59. The van der Waals surface area contributed by atoms with Gasteiger partial charge in [-0.2, -0.15) is 0 Å². The normalized spacial score (nSPS) is 14.2. The van der Waals surface area contributed by atoms with Crippen LogP contribution < -0.4 is 14.8 Å². The zero-order valence-corrected chi connectivity index (χ0v) is 23.4. The maximum Gasteiger partial charge on any atom is 0.262 e. The van der Waals surface area contributed by atoms with Crippen LogP contribution >= 0.6 is 27.5 Å². The van der Waals surface area contributed by atoms with Crippen LogP contribution in [-0.4, -0.2) is 45.4 Å². The lowest BCUT2D eigenvalue weighted by Gasteiger charge is -2.26. The fourth-order valence-corrected chi connectivity index (χ4v) is 5.88. The zero-order chi connectivity index (χ0) is 26.3. The van der Waals surface area contributed by atoms with Crippen LogP contribution in [-0.2, 0) is 10.0 Å². The van der Waals surface area contributed by atoms with E-state index in [4.69, 9.17) is 16.3 Å². The molecule has 0 spiro atoms. The summed E-state index contributed by atoms with van der Waals surface area (Å²) in [6, 6.07) is 17.7. The minimum Gasteiger partial charge on any atom is -0.454 e. The van der Waals surface area contributed by atoms with E-state index in [1.807, 2.05) is 0 Å². The molecule has 37 heavy (non-hydrogen) atoms. The molecule has 1 amide bonds. The Kier molecular flexibility index (Phi) is 9.48. The van der Waals surface area contributed by atoms with E-state index in [0.29, 0.717) is 28.6 Å². The van der Waals surface area contributed by atoms with Crippen LogP contribution in [0.3, 0.4) is 0 Å². The highest BCUT2D eigenvalue weighted by atomic mass is 79.9. The van der Waals surface area contributed by atoms with Crippen molar-refractivity contribution in [2.24, 2.45) is 0 Å². The molecule has 1 aliphatic heterocycles. The summed E-state index contributed by atoms with van der Waals surface area (Å²) in [6.07, 6.45) is 4.67. The van der Waals surface area contributed by atoms with E-state index >= 15 is 0 Å². The Balaban J connectivity index is 1.36. The van der Waals surface area contributed by atoms with Crippen LogP contribution in [0.1, 0.15) is 36.0 Å². The molecule has 1 fully saturated rings. The standard InChI is InChI=1S/C27H29BrClN3O4S/c28-21-11-14-25(23(29)19-21)36-26-8-3-2-7-24(26)31-37(34,35)22-12-9-20(10-13-22)27(33)30-15-6-18-32-16-4-1-5-17-32/h2-3,7-14,19,31H,1,4-6,15-18H2,(H,30,33). The fourth-order valence-electron chi connectivity index (χ4n) is 4.10. The molecule has 3 aromatic carbocycles. The van der Waals surface area contributed by atoms with Crippen molar-refractivity contribution in [3.63, 3.8) is 0 Å². The Labute approximate surface area is 231 Å². The molecule has 0 atom stereocenters. The van der Waals surface area contributed by atoms with Crippen molar-refractivity contribution >= 4 is 49.1 Å². The summed E-state index contributed by atoms with van der Waals surface area (Å²) in [5, 5.41) is 3.30. The number of carbonyl (C=O) groups excluding carboxylic acids is 1. The molecule has 0 saturated carbocycles. The average Bonchev–Trinajstić information content (AvgIpc) is 2.90. The Bertz CT molecular complexity index is 1330. The number of amides is 1. The molecule has 4 rings (SSSR count). The maximum absolute atomic E-state index is 13.1. The zero-order valence-electron chi connectivity index (χ0n) is 20.3. The van der Waals surface area contributed by atoms with Gasteiger partial charge in [-0.15, -0.1) is 0 Å². The van der Waals surface area contributed by atoms with Crippen molar-refractivity contribution in [2.75, 3.05) is 30.9 Å². The number of piperidine rings is 1. The number of halogens is 2. The first-order valence-corrected chi connectivity index (χ1v) is 14.8. The summed E-state index contributed by atoms with van der Waals surface area (Å²) >= 11 is 9.60. The van der Waals surface area contributed by atoms with Gasteiger partial charge in [0.05, 0.1) is 15.6 Å². The number of para-hydroxylation sites is 2. The average molecular weight is 607 g/mol. The van der Waals surface area contributed by atoms with Crippen LogP contribution in [0.15, 0.2) is 76.1 Å². The van der Waals surface area contributed by atoms with Gasteiger partial charge in [0.1, 0.15) is 5.75 Å². The molecule has 1 heterocycles. The second-order valence-corrected chi connectivity index (χ2v) is 11.8. The van der Waals surface area contributed by atoms with Crippen molar-refractivity contribution in [3.05, 3.63) is 81.8 Å². The molecule has 3 aromatic rings. The lowest BCUT2D eigenvalue weighted by molar-refractivity contribution is 0.0951. The largest absolute Gasteiger partial charge is 0.454 e. The SMILES string of the molecule is O=C(NCCCN1CCCCC1)c1ccc(S(=O)(=O)Nc2ccccc2Oc2ccc(Br)cc2Cl)cc1. The first-order chi connectivity index (χ1) is 17.8. The first-order valence-electron chi connectivity index (χ1n) is 12.2. The van der Waals surface area contributed by atoms with Gasteiger partial charge in [0, 0.05) is 16.6 Å². The monoisotopic (exact) mass is 605 g/mol. The van der Waals surface area contributed by atoms with Crippen molar-refractivity contribution in [1.82, 2.24) is 10.2 Å². The van der Waals surface area contributed by atoms with Gasteiger partial charge >= 0.3 is 0 Å². The Morgan fingerprint density at radius 3 is 2.43 bits per heavy atom. The van der Waals surface area contributed by atoms with Crippen LogP contribution in [0, 0.1) is 0 Å². The number of ether oxygens (including phenoxy) is 1. The van der Waals surface area contributed by atoms with E-state index in [2.05, 4.69) is 30.9 Å². The number of rotatable bonds is 10. The Morgan fingerprint density at radius 1 is 0.973 bits per heavy atom. The van der Waals surface area contributed by atoms with E-state index in [1.165, 1.54) is 43.5 Å². The van der Waals surface area contributed by atoms with E-state index in [9.17, 15) is 13.2 Å². The van der Waals surface area contributed by atoms with Gasteiger partial charge in [0.2, 0.25) is 0 Å². The highest BCUT2D eigenvalue weighted by Gasteiger charge is 2.18. The number of nitrogens with zero attached hydrogens (tertiary/aromatic N) is 1. The predicted octanol–water partition coefficient (Wildman–Crippen LogP) is 6.30. The number of sulfonamides is 1. The summed E-state index contributed by atoms with van der Waals surface area (Å²) in [7, 11) is -3.93. The topological polar surface area (TPSA) is 87.7 Å². The summed E-state index contributed by atoms with van der Waals surface area (Å²) in [5.41, 5.74) is 0.669. The molecule has 0 radical (unpaired) electrons. The fraction of sp³-hybridized carbons (Fsp3) is 0.296. The summed E-state index contributed by atoms with van der Waals surface area (Å²) in [4.78, 5) is 15.0. The predicted molar refractivity (Wildman–Crippen MR) is 150 cm³/mol. The van der Waals surface area contributed by atoms with Gasteiger partial charge in [-0.05, 0) is 93.5 Å². The van der Waals surface area contributed by atoms with E-state index in [1.54, 1.807) is 42.5 Å². The lowest BCUT2D eigenvalue weighted by Crippen LogP contribution is -2.33. The molecular weight excluding hydrogens is 578 g/mol. The van der Waals surface area contributed by atoms with Crippen molar-refractivity contribution in [1.29, 1.82) is 0 Å². The van der Waals surface area contributed by atoms with Crippen molar-refractivity contribution in [2.45, 2.75) is 30.6 Å². The molecule has 7 nitrogen and oxygen atoms in total. The number of hydrogen-bond donors (Lipinski definition) is 2. The third-order valence-electron chi connectivity index (χ3n) is 6.06. The third kappa shape index (κ3) is 7.70. The smallest absolute Gasteiger partial charge is 0.262 e. The van der Waals surface area contributed by atoms with Crippen molar-refractivity contribution in [3.8, 4) is 11.5 Å². The summed E-state index contributed by atoms with van der Waals surface area (Å²) < 4.78 is 35.4. The summed E-state index contributed by atoms with van der Waals surface area (Å²) in [5.74, 6) is 0.472. The number of carbonyl (C=O) groups is 1. The van der Waals surface area contributed by atoms with E-state index in [0.717, 1.165) is 30.5 Å². The number of benzene rings is 3. The minimum atomic E-state index is -3.93. The van der Waals surface area contributed by atoms with Gasteiger partial charge < -0.3 is 15.0 Å². The van der Waals surface area contributed by atoms with Gasteiger partial charge in [-0.1, -0.05) is 46.1 Å². The molecule has 2 N–H and O–H groups in total. The molecule has 0 aromatic heterocycles. The maximum atomic E-state index is 13.1. The first kappa shape index (κ1) is 27.4. The van der Waals surface area contributed by atoms with Crippen LogP contribution in [0.2, 0.25) is 5.02 Å². The molecule has 1 aliphatic rings. The molecule has 1 saturated heterocycles. The van der Waals surface area contributed by atoms with E-state index < -0.39 is 10.0 Å². The number of anilines is 1. The van der Waals surface area contributed by atoms with Gasteiger partial charge in [-0.3, -0.25) is 9.52 Å². The molecule has 0 unspecified atom stereocenters. The lowest BCUT2D eigenvalue weighted by atomic mass is 10.1. The molecular formula is C27H29BrClN3O4S. The number of nitrogens with one attached hydrogen (secondary N) is 2. The molecule has 0 aliphatic carbocycles. The number of likely N-dealkylation sites (tertiary alicyclic amines) is 1. The van der Waals surface area contributed by atoms with Gasteiger partial charge in [0.25, 0.3) is 15.9 Å².